The first-order valence-electron chi connectivity index (χ1n) is 15.5. The molecule has 0 aliphatic heterocycles. The number of benzene rings is 4. The summed E-state index contributed by atoms with van der Waals surface area (Å²) < 4.78 is 6.47. The molecule has 1 atom stereocenters. The summed E-state index contributed by atoms with van der Waals surface area (Å²) in [5.41, 5.74) is 1.86. The molecule has 10 nitrogen and oxygen atoms in total. The topological polar surface area (TPSA) is 140 Å². The number of hydrogen-bond acceptors (Lipinski definition) is 6. The molecule has 1 heterocycles. The zero-order valence-corrected chi connectivity index (χ0v) is 27.3. The molecule has 48 heavy (non-hydrogen) atoms. The van der Waals surface area contributed by atoms with Crippen LogP contribution in [0.4, 0.5) is 5.69 Å². The molecule has 0 spiro atoms. The maximum Gasteiger partial charge on any atom is 0.313 e. The number of amides is 2. The van der Waals surface area contributed by atoms with Gasteiger partial charge in [0.15, 0.2) is 0 Å². The number of nitrogens with zero attached hydrogens (tertiary/aromatic N) is 2. The molecule has 4 aromatic carbocycles. The van der Waals surface area contributed by atoms with Crippen LogP contribution in [0.5, 0.6) is 5.75 Å². The minimum atomic E-state index is -1.10. The molecule has 3 N–H and O–H groups in total. The molecule has 0 fully saturated rings. The van der Waals surface area contributed by atoms with Crippen LogP contribution in [0.15, 0.2) is 102 Å². The Hall–Kier alpha value is -5.77. The summed E-state index contributed by atoms with van der Waals surface area (Å²) >= 11 is 0. The van der Waals surface area contributed by atoms with Crippen molar-refractivity contribution >= 4 is 34.2 Å². The number of rotatable bonds is 12. The number of carbonyl (C=O) groups excluding carboxylic acids is 2. The number of fused-ring (bicyclic) bond motifs is 1. The van der Waals surface area contributed by atoms with Gasteiger partial charge >= 0.3 is 5.97 Å². The van der Waals surface area contributed by atoms with Crippen molar-refractivity contribution in [1.29, 1.82) is 0 Å². The SMILES string of the molecule is COc1ccc(Cn2ncc(C)c(NC(=O)[C@@H](Cc3ccc(C(C)(C)C(=O)O)cc3)NC(=O)Cc3ccc4ccccc4c3)c2=O)cc1. The van der Waals surface area contributed by atoms with Gasteiger partial charge in [-0.2, -0.15) is 5.10 Å². The minimum Gasteiger partial charge on any atom is -0.497 e. The van der Waals surface area contributed by atoms with Gasteiger partial charge in [0.1, 0.15) is 17.5 Å². The number of hydrogen-bond donors (Lipinski definition) is 3. The molecule has 0 saturated heterocycles. The number of carbonyl (C=O) groups is 3. The van der Waals surface area contributed by atoms with Crippen molar-refractivity contribution in [2.45, 2.75) is 51.6 Å². The molecular formula is C38H38N4O6. The van der Waals surface area contributed by atoms with Crippen molar-refractivity contribution in [1.82, 2.24) is 15.1 Å². The van der Waals surface area contributed by atoms with E-state index in [1.165, 1.54) is 10.9 Å². The smallest absolute Gasteiger partial charge is 0.313 e. The maximum absolute atomic E-state index is 13.9. The Morgan fingerprint density at radius 1 is 0.896 bits per heavy atom. The first kappa shape index (κ1) is 33.6. The van der Waals surface area contributed by atoms with E-state index in [0.717, 1.165) is 21.9 Å². The predicted molar refractivity (Wildman–Crippen MR) is 184 cm³/mol. The molecule has 2 amide bonds. The lowest BCUT2D eigenvalue weighted by atomic mass is 9.84. The van der Waals surface area contributed by atoms with E-state index in [1.54, 1.807) is 64.3 Å². The van der Waals surface area contributed by atoms with Crippen LogP contribution in [0, 0.1) is 6.92 Å². The summed E-state index contributed by atoms with van der Waals surface area (Å²) in [5.74, 6) is -1.21. The highest BCUT2D eigenvalue weighted by Crippen LogP contribution is 2.24. The van der Waals surface area contributed by atoms with Crippen LogP contribution in [-0.4, -0.2) is 45.8 Å². The lowest BCUT2D eigenvalue weighted by molar-refractivity contribution is -0.142. The van der Waals surface area contributed by atoms with E-state index in [9.17, 15) is 24.3 Å². The predicted octanol–water partition coefficient (Wildman–Crippen LogP) is 5.03. The van der Waals surface area contributed by atoms with Gasteiger partial charge < -0.3 is 20.5 Å². The van der Waals surface area contributed by atoms with E-state index in [1.807, 2.05) is 54.6 Å². The molecule has 0 aliphatic carbocycles. The third-order valence-electron chi connectivity index (χ3n) is 8.45. The maximum atomic E-state index is 13.9. The largest absolute Gasteiger partial charge is 0.497 e. The van der Waals surface area contributed by atoms with Gasteiger partial charge in [-0.3, -0.25) is 19.2 Å². The van der Waals surface area contributed by atoms with Crippen molar-refractivity contribution in [3.8, 4) is 5.75 Å². The molecule has 0 radical (unpaired) electrons. The second kappa shape index (κ2) is 14.3. The number of carboxylic acid groups (broad SMARTS) is 1. The Kier molecular flexibility index (Phi) is 10.0. The monoisotopic (exact) mass is 646 g/mol. The lowest BCUT2D eigenvalue weighted by Crippen LogP contribution is -2.46. The second-order valence-electron chi connectivity index (χ2n) is 12.3. The second-order valence-corrected chi connectivity index (χ2v) is 12.3. The molecule has 0 aliphatic rings. The summed E-state index contributed by atoms with van der Waals surface area (Å²) in [4.78, 5) is 52.5. The van der Waals surface area contributed by atoms with Gasteiger partial charge in [0.05, 0.1) is 31.7 Å². The summed E-state index contributed by atoms with van der Waals surface area (Å²) in [7, 11) is 1.57. The van der Waals surface area contributed by atoms with Crippen LogP contribution < -0.4 is 20.9 Å². The number of carboxylic acids is 1. The molecule has 0 unspecified atom stereocenters. The first-order chi connectivity index (χ1) is 22.9. The van der Waals surface area contributed by atoms with Crippen LogP contribution in [0.3, 0.4) is 0 Å². The fraction of sp³-hybridized carbons (Fsp3) is 0.237. The van der Waals surface area contributed by atoms with Gasteiger partial charge in [0.25, 0.3) is 5.56 Å². The van der Waals surface area contributed by atoms with Gasteiger partial charge in [0, 0.05) is 6.42 Å². The lowest BCUT2D eigenvalue weighted by Gasteiger charge is -2.22. The number of nitrogens with one attached hydrogen (secondary N) is 2. The van der Waals surface area contributed by atoms with Crippen LogP contribution in [0.1, 0.15) is 41.7 Å². The van der Waals surface area contributed by atoms with E-state index in [4.69, 9.17) is 4.74 Å². The average Bonchev–Trinajstić information content (AvgIpc) is 3.08. The fourth-order valence-electron chi connectivity index (χ4n) is 5.36. The molecule has 10 heteroatoms. The standard InChI is InChI=1S/C38H38N4O6/c1-24-22-39-42(23-26-12-17-31(48-4)18-13-26)36(45)34(24)41-35(44)32(20-25-10-15-30(16-11-25)38(2,3)37(46)47)40-33(43)21-27-9-14-28-7-5-6-8-29(28)19-27/h5-19,22,32H,20-21,23H2,1-4H3,(H,40,43)(H,41,44)(H,46,47)/t32-/m1/s1. The average molecular weight is 647 g/mol. The van der Waals surface area contributed by atoms with Crippen LogP contribution in [0.2, 0.25) is 0 Å². The minimum absolute atomic E-state index is 0.0449. The highest BCUT2D eigenvalue weighted by Gasteiger charge is 2.30. The van der Waals surface area contributed by atoms with Crippen molar-refractivity contribution in [3.05, 3.63) is 135 Å². The van der Waals surface area contributed by atoms with E-state index >= 15 is 0 Å². The fourth-order valence-corrected chi connectivity index (χ4v) is 5.36. The number of aryl methyl sites for hydroxylation is 1. The zero-order valence-electron chi connectivity index (χ0n) is 27.3. The third-order valence-corrected chi connectivity index (χ3v) is 8.45. The number of aromatic nitrogens is 2. The number of anilines is 1. The Balaban J connectivity index is 1.39. The quantitative estimate of drug-likeness (QED) is 0.173. The van der Waals surface area contributed by atoms with E-state index in [0.29, 0.717) is 22.4 Å². The van der Waals surface area contributed by atoms with Crippen molar-refractivity contribution in [3.63, 3.8) is 0 Å². The first-order valence-corrected chi connectivity index (χ1v) is 15.5. The Morgan fingerprint density at radius 3 is 2.21 bits per heavy atom. The van der Waals surface area contributed by atoms with E-state index < -0.39 is 28.9 Å². The summed E-state index contributed by atoms with van der Waals surface area (Å²) in [5, 5.41) is 21.6. The van der Waals surface area contributed by atoms with Crippen molar-refractivity contribution < 1.29 is 24.2 Å². The van der Waals surface area contributed by atoms with Gasteiger partial charge in [0.2, 0.25) is 11.8 Å². The van der Waals surface area contributed by atoms with E-state index in [-0.39, 0.29) is 31.0 Å². The van der Waals surface area contributed by atoms with E-state index in [2.05, 4.69) is 15.7 Å². The molecular weight excluding hydrogens is 608 g/mol. The van der Waals surface area contributed by atoms with Crippen LogP contribution in [-0.2, 0) is 39.2 Å². The van der Waals surface area contributed by atoms with Crippen molar-refractivity contribution in [2.75, 3.05) is 12.4 Å². The van der Waals surface area contributed by atoms with Gasteiger partial charge in [-0.15, -0.1) is 0 Å². The highest BCUT2D eigenvalue weighted by molar-refractivity contribution is 5.98. The summed E-state index contributed by atoms with van der Waals surface area (Å²) in [6.07, 6.45) is 1.66. The summed E-state index contributed by atoms with van der Waals surface area (Å²) in [6.45, 7) is 5.09. The normalized spacial score (nSPS) is 11.9. The Morgan fingerprint density at radius 2 is 1.54 bits per heavy atom. The molecule has 0 saturated carbocycles. The zero-order chi connectivity index (χ0) is 34.4. The molecule has 0 bridgehead atoms. The molecule has 1 aromatic heterocycles. The van der Waals surface area contributed by atoms with Gasteiger partial charge in [-0.1, -0.05) is 78.9 Å². The Labute approximate surface area is 278 Å². The number of methoxy groups -OCH3 is 1. The van der Waals surface area contributed by atoms with Crippen LogP contribution in [0.25, 0.3) is 10.8 Å². The van der Waals surface area contributed by atoms with Gasteiger partial charge in [-0.05, 0) is 71.5 Å². The molecule has 5 rings (SSSR count). The Bertz CT molecular complexity index is 2020. The van der Waals surface area contributed by atoms with Gasteiger partial charge in [-0.25, -0.2) is 4.68 Å². The third kappa shape index (κ3) is 7.78. The molecule has 5 aromatic rings. The molecule has 246 valence electrons. The van der Waals surface area contributed by atoms with Crippen molar-refractivity contribution in [2.24, 2.45) is 0 Å². The number of aliphatic carboxylic acids is 1. The number of ether oxygens (including phenoxy) is 1. The van der Waals surface area contributed by atoms with Crippen LogP contribution >= 0.6 is 0 Å². The summed E-state index contributed by atoms with van der Waals surface area (Å²) in [6, 6.07) is 26.7. The highest BCUT2D eigenvalue weighted by atomic mass is 16.5.